The Labute approximate surface area is 228 Å². The molecule has 0 bridgehead atoms. The lowest BCUT2D eigenvalue weighted by atomic mass is 10.1. The summed E-state index contributed by atoms with van der Waals surface area (Å²) in [5.74, 6) is -2.85. The molecule has 0 saturated carbocycles. The van der Waals surface area contributed by atoms with Crippen molar-refractivity contribution >= 4 is 41.4 Å². The predicted molar refractivity (Wildman–Crippen MR) is 142 cm³/mol. The third-order valence-corrected chi connectivity index (χ3v) is 6.40. The van der Waals surface area contributed by atoms with Crippen molar-refractivity contribution in [2.75, 3.05) is 26.2 Å². The van der Waals surface area contributed by atoms with E-state index in [0.29, 0.717) is 32.4 Å². The van der Waals surface area contributed by atoms with Gasteiger partial charge in [0.15, 0.2) is 0 Å². The minimum atomic E-state index is -0.786. The molecule has 7 amide bonds. The predicted octanol–water partition coefficient (Wildman–Crippen LogP) is 0.475. The van der Waals surface area contributed by atoms with E-state index in [1.54, 1.807) is 0 Å². The van der Waals surface area contributed by atoms with Crippen LogP contribution in [0.1, 0.15) is 71.1 Å². The van der Waals surface area contributed by atoms with E-state index in [-0.39, 0.29) is 37.7 Å². The van der Waals surface area contributed by atoms with Crippen LogP contribution in [0.25, 0.3) is 0 Å². The molecule has 0 aromatic rings. The van der Waals surface area contributed by atoms with E-state index < -0.39 is 35.6 Å². The third kappa shape index (κ3) is 11.2. The third-order valence-electron chi connectivity index (χ3n) is 6.40. The summed E-state index contributed by atoms with van der Waals surface area (Å²) in [4.78, 5) is 85.8. The molecule has 12 heteroatoms. The van der Waals surface area contributed by atoms with E-state index in [0.717, 1.165) is 54.1 Å². The molecule has 39 heavy (non-hydrogen) atoms. The number of imide groups is 2. The number of hydrogen-bond donors (Lipinski definition) is 3. The van der Waals surface area contributed by atoms with Crippen molar-refractivity contribution in [2.24, 2.45) is 0 Å². The molecule has 0 unspecified atom stereocenters. The molecule has 3 N–H and O–H groups in total. The zero-order valence-electron chi connectivity index (χ0n) is 22.5. The van der Waals surface area contributed by atoms with E-state index in [9.17, 15) is 33.6 Å². The van der Waals surface area contributed by atoms with Gasteiger partial charge in [0.2, 0.25) is 17.7 Å². The van der Waals surface area contributed by atoms with Gasteiger partial charge in [0.1, 0.15) is 6.04 Å². The molecule has 0 aromatic carbocycles. The Morgan fingerprint density at radius 2 is 1.15 bits per heavy atom. The maximum atomic E-state index is 12.8. The largest absolute Gasteiger partial charge is 0.356 e. The Morgan fingerprint density at radius 3 is 1.72 bits per heavy atom. The number of amides is 7. The fourth-order valence-corrected chi connectivity index (χ4v) is 4.12. The summed E-state index contributed by atoms with van der Waals surface area (Å²) in [5, 5.41) is 8.30. The van der Waals surface area contributed by atoms with Gasteiger partial charge >= 0.3 is 0 Å². The Bertz CT molecular complexity index is 955. The maximum Gasteiger partial charge on any atom is 0.253 e. The quantitative estimate of drug-likeness (QED) is 0.157. The first-order valence-electron chi connectivity index (χ1n) is 13.6. The first kappa shape index (κ1) is 31.4. The molecule has 1 atom stereocenters. The molecule has 0 aromatic heterocycles. The first-order valence-corrected chi connectivity index (χ1v) is 13.6. The van der Waals surface area contributed by atoms with Crippen LogP contribution in [0, 0.1) is 0 Å². The highest BCUT2D eigenvalue weighted by atomic mass is 16.2. The fourth-order valence-electron chi connectivity index (χ4n) is 4.12. The number of carbonyl (C=O) groups excluding carboxylic acids is 7. The van der Waals surface area contributed by atoms with Gasteiger partial charge < -0.3 is 16.0 Å². The van der Waals surface area contributed by atoms with Crippen LogP contribution in [-0.4, -0.2) is 83.4 Å². The van der Waals surface area contributed by atoms with E-state index in [2.05, 4.69) is 22.9 Å². The molecule has 2 aliphatic heterocycles. The van der Waals surface area contributed by atoms with Crippen LogP contribution < -0.4 is 16.0 Å². The summed E-state index contributed by atoms with van der Waals surface area (Å²) in [6, 6.07) is -0.786. The minimum Gasteiger partial charge on any atom is -0.356 e. The summed E-state index contributed by atoms with van der Waals surface area (Å²) in [5.41, 5.74) is 0. The highest BCUT2D eigenvalue weighted by molar-refractivity contribution is 6.13. The van der Waals surface area contributed by atoms with Crippen LogP contribution in [-0.2, 0) is 33.6 Å². The van der Waals surface area contributed by atoms with Crippen molar-refractivity contribution < 1.29 is 33.6 Å². The van der Waals surface area contributed by atoms with Crippen molar-refractivity contribution in [2.45, 2.75) is 77.2 Å². The lowest BCUT2D eigenvalue weighted by Gasteiger charge is -2.20. The molecular weight excluding hydrogens is 506 g/mol. The zero-order chi connectivity index (χ0) is 28.6. The standard InChI is InChI=1S/C27H39N5O7/c1-2-3-4-5-7-17-29-27(39)20(30-22(34)15-19-32-25(37)12-13-26(32)38)9-6-8-16-28-21(33)14-18-31-23(35)10-11-24(31)36/h10-13,20H,2-9,14-19H2,1H3,(H,28,33)(H,29,39)(H,30,34)/t20-/m0/s1. The van der Waals surface area contributed by atoms with Crippen molar-refractivity contribution in [3.8, 4) is 0 Å². The van der Waals surface area contributed by atoms with Gasteiger partial charge in [0.05, 0.1) is 0 Å². The van der Waals surface area contributed by atoms with Crippen LogP contribution in [0.5, 0.6) is 0 Å². The zero-order valence-corrected chi connectivity index (χ0v) is 22.5. The summed E-state index contributed by atoms with van der Waals surface area (Å²) >= 11 is 0. The smallest absolute Gasteiger partial charge is 0.253 e. The minimum absolute atomic E-state index is 0.00392. The molecule has 0 spiro atoms. The summed E-state index contributed by atoms with van der Waals surface area (Å²) < 4.78 is 0. The van der Waals surface area contributed by atoms with Gasteiger partial charge in [-0.1, -0.05) is 32.6 Å². The molecule has 2 rings (SSSR count). The second-order valence-electron chi connectivity index (χ2n) is 9.49. The molecule has 2 aliphatic rings. The SMILES string of the molecule is CCCCCCCNC(=O)[C@H](CCCCNC(=O)CCN1C(=O)C=CC1=O)NC(=O)CCN1C(=O)C=CC1=O. The second kappa shape index (κ2) is 16.9. The first-order chi connectivity index (χ1) is 18.7. The Kier molecular flexibility index (Phi) is 13.6. The lowest BCUT2D eigenvalue weighted by Crippen LogP contribution is -2.47. The Morgan fingerprint density at radius 1 is 0.667 bits per heavy atom. The second-order valence-corrected chi connectivity index (χ2v) is 9.49. The molecule has 0 fully saturated rings. The van der Waals surface area contributed by atoms with Gasteiger partial charge in [-0.05, 0) is 25.7 Å². The highest BCUT2D eigenvalue weighted by Crippen LogP contribution is 2.07. The number of unbranched alkanes of at least 4 members (excludes halogenated alkanes) is 5. The average Bonchev–Trinajstić information content (AvgIpc) is 3.41. The van der Waals surface area contributed by atoms with Gasteiger partial charge in [-0.2, -0.15) is 0 Å². The van der Waals surface area contributed by atoms with Crippen LogP contribution >= 0.6 is 0 Å². The number of nitrogens with one attached hydrogen (secondary N) is 3. The van der Waals surface area contributed by atoms with Crippen LogP contribution in [0.3, 0.4) is 0 Å². The maximum absolute atomic E-state index is 12.8. The topological polar surface area (TPSA) is 162 Å². The molecule has 214 valence electrons. The number of nitrogens with zero attached hydrogens (tertiary/aromatic N) is 2. The summed E-state index contributed by atoms with van der Waals surface area (Å²) in [6.45, 7) is 2.91. The Balaban J connectivity index is 1.73. The van der Waals surface area contributed by atoms with Gasteiger partial charge in [-0.15, -0.1) is 0 Å². The summed E-state index contributed by atoms with van der Waals surface area (Å²) in [6.07, 6.45) is 11.2. The van der Waals surface area contributed by atoms with Gasteiger partial charge in [0, 0.05) is 63.3 Å². The van der Waals surface area contributed by atoms with Gasteiger partial charge in [0.25, 0.3) is 23.6 Å². The van der Waals surface area contributed by atoms with Crippen molar-refractivity contribution in [3.05, 3.63) is 24.3 Å². The number of rotatable bonds is 19. The molecule has 2 heterocycles. The number of carbonyl (C=O) groups is 7. The molecule has 0 saturated heterocycles. The van der Waals surface area contributed by atoms with Crippen molar-refractivity contribution in [3.63, 3.8) is 0 Å². The molecular formula is C27H39N5O7. The highest BCUT2D eigenvalue weighted by Gasteiger charge is 2.26. The normalized spacial score (nSPS) is 15.3. The van der Waals surface area contributed by atoms with E-state index in [4.69, 9.17) is 0 Å². The van der Waals surface area contributed by atoms with Gasteiger partial charge in [-0.25, -0.2) is 0 Å². The Hall–Kier alpha value is -3.83. The van der Waals surface area contributed by atoms with E-state index >= 15 is 0 Å². The summed E-state index contributed by atoms with van der Waals surface area (Å²) in [7, 11) is 0. The van der Waals surface area contributed by atoms with E-state index in [1.165, 1.54) is 12.2 Å². The van der Waals surface area contributed by atoms with Crippen LogP contribution in [0.15, 0.2) is 24.3 Å². The molecule has 0 radical (unpaired) electrons. The van der Waals surface area contributed by atoms with Crippen molar-refractivity contribution in [1.82, 2.24) is 25.8 Å². The number of hydrogen-bond acceptors (Lipinski definition) is 7. The van der Waals surface area contributed by atoms with Crippen LogP contribution in [0.2, 0.25) is 0 Å². The average molecular weight is 546 g/mol. The fraction of sp³-hybridized carbons (Fsp3) is 0.593. The van der Waals surface area contributed by atoms with Crippen LogP contribution in [0.4, 0.5) is 0 Å². The molecule has 0 aliphatic carbocycles. The van der Waals surface area contributed by atoms with Gasteiger partial charge in [-0.3, -0.25) is 43.4 Å². The molecule has 12 nitrogen and oxygen atoms in total. The van der Waals surface area contributed by atoms with Crippen molar-refractivity contribution in [1.29, 1.82) is 0 Å². The van der Waals surface area contributed by atoms with E-state index in [1.807, 2.05) is 0 Å². The lowest BCUT2D eigenvalue weighted by molar-refractivity contribution is -0.139. The monoisotopic (exact) mass is 545 g/mol.